The second-order valence-corrected chi connectivity index (χ2v) is 6.01. The van der Waals surface area contributed by atoms with Crippen LogP contribution in [0.2, 0.25) is 0 Å². The number of rotatable bonds is 6. The smallest absolute Gasteiger partial charge is 0.307 e. The highest BCUT2D eigenvalue weighted by Crippen LogP contribution is 2.32. The molecular formula is C18H21NO5. The van der Waals surface area contributed by atoms with Gasteiger partial charge in [-0.25, -0.2) is 0 Å². The lowest BCUT2D eigenvalue weighted by molar-refractivity contribution is -0.155. The lowest BCUT2D eigenvalue weighted by Crippen LogP contribution is -2.35. The summed E-state index contributed by atoms with van der Waals surface area (Å²) in [6.07, 6.45) is 5.60. The average molecular weight is 331 g/mol. The molecule has 6 heteroatoms. The molecule has 0 fully saturated rings. The van der Waals surface area contributed by atoms with Crippen molar-refractivity contribution < 1.29 is 23.8 Å². The van der Waals surface area contributed by atoms with Crippen LogP contribution in [0, 0.1) is 5.92 Å². The van der Waals surface area contributed by atoms with E-state index >= 15 is 0 Å². The molecule has 1 aromatic carbocycles. The van der Waals surface area contributed by atoms with Gasteiger partial charge in [0, 0.05) is 6.54 Å². The van der Waals surface area contributed by atoms with Crippen LogP contribution < -0.4 is 14.8 Å². The van der Waals surface area contributed by atoms with E-state index in [1.54, 1.807) is 6.92 Å². The fraction of sp³-hybridized carbons (Fsp3) is 0.444. The van der Waals surface area contributed by atoms with Gasteiger partial charge in [-0.2, -0.15) is 0 Å². The highest BCUT2D eigenvalue weighted by atomic mass is 16.7. The Balaban J connectivity index is 1.44. The first kappa shape index (κ1) is 16.4. The van der Waals surface area contributed by atoms with Crippen LogP contribution in [0.25, 0.3) is 0 Å². The van der Waals surface area contributed by atoms with Crippen LogP contribution in [-0.2, 0) is 20.9 Å². The lowest BCUT2D eigenvalue weighted by atomic mass is 10.1. The molecule has 24 heavy (non-hydrogen) atoms. The zero-order valence-electron chi connectivity index (χ0n) is 13.6. The largest absolute Gasteiger partial charge is 0.454 e. The zero-order chi connectivity index (χ0) is 16.9. The molecule has 1 heterocycles. The molecule has 1 aromatic rings. The van der Waals surface area contributed by atoms with Crippen LogP contribution in [-0.4, -0.2) is 24.8 Å². The van der Waals surface area contributed by atoms with Crippen molar-refractivity contribution in [2.24, 2.45) is 5.92 Å². The molecule has 2 atom stereocenters. The Morgan fingerprint density at radius 1 is 1.33 bits per heavy atom. The minimum atomic E-state index is -0.808. The minimum Gasteiger partial charge on any atom is -0.454 e. The molecular weight excluding hydrogens is 310 g/mol. The molecule has 0 saturated carbocycles. The quantitative estimate of drug-likeness (QED) is 0.640. The number of ether oxygens (including phenoxy) is 3. The highest BCUT2D eigenvalue weighted by molar-refractivity contribution is 5.83. The fourth-order valence-corrected chi connectivity index (χ4v) is 2.76. The second-order valence-electron chi connectivity index (χ2n) is 6.01. The van der Waals surface area contributed by atoms with Gasteiger partial charge in [-0.05, 0) is 43.4 Å². The van der Waals surface area contributed by atoms with Crippen molar-refractivity contribution in [1.82, 2.24) is 5.32 Å². The topological polar surface area (TPSA) is 73.9 Å². The van der Waals surface area contributed by atoms with E-state index in [9.17, 15) is 9.59 Å². The van der Waals surface area contributed by atoms with Gasteiger partial charge in [0.1, 0.15) is 0 Å². The number of amides is 1. The summed E-state index contributed by atoms with van der Waals surface area (Å²) < 4.78 is 15.8. The number of nitrogens with one attached hydrogen (secondary N) is 1. The van der Waals surface area contributed by atoms with Crippen LogP contribution >= 0.6 is 0 Å². The van der Waals surface area contributed by atoms with Gasteiger partial charge in [0.2, 0.25) is 6.79 Å². The Morgan fingerprint density at radius 2 is 2.17 bits per heavy atom. The summed E-state index contributed by atoms with van der Waals surface area (Å²) in [5.41, 5.74) is 0.891. The number of benzene rings is 1. The molecule has 0 spiro atoms. The maximum atomic E-state index is 12.1. The molecule has 3 rings (SSSR count). The van der Waals surface area contributed by atoms with E-state index in [0.29, 0.717) is 24.5 Å². The summed E-state index contributed by atoms with van der Waals surface area (Å²) in [7, 11) is 0. The van der Waals surface area contributed by atoms with Crippen molar-refractivity contribution in [3.63, 3.8) is 0 Å². The number of hydrogen-bond donors (Lipinski definition) is 1. The Kier molecular flexibility index (Phi) is 5.03. The number of esters is 1. The van der Waals surface area contributed by atoms with Crippen LogP contribution in [0.4, 0.5) is 0 Å². The molecule has 0 unspecified atom stereocenters. The van der Waals surface area contributed by atoms with Crippen molar-refractivity contribution in [2.75, 3.05) is 6.79 Å². The molecule has 0 bridgehead atoms. The third kappa shape index (κ3) is 4.07. The fourth-order valence-electron chi connectivity index (χ4n) is 2.76. The molecule has 0 saturated heterocycles. The Morgan fingerprint density at radius 3 is 2.96 bits per heavy atom. The van der Waals surface area contributed by atoms with E-state index in [4.69, 9.17) is 14.2 Å². The molecule has 1 aliphatic heterocycles. The third-order valence-corrected chi connectivity index (χ3v) is 4.12. The van der Waals surface area contributed by atoms with Gasteiger partial charge < -0.3 is 19.5 Å². The van der Waals surface area contributed by atoms with Crippen molar-refractivity contribution in [3.05, 3.63) is 35.9 Å². The molecule has 1 N–H and O–H groups in total. The van der Waals surface area contributed by atoms with Gasteiger partial charge >= 0.3 is 5.97 Å². The predicted octanol–water partition coefficient (Wildman–Crippen LogP) is 2.32. The Hall–Kier alpha value is -2.50. The normalized spacial score (nSPS) is 19.1. The van der Waals surface area contributed by atoms with Gasteiger partial charge in [0.05, 0.1) is 6.42 Å². The van der Waals surface area contributed by atoms with E-state index in [1.165, 1.54) is 0 Å². The van der Waals surface area contributed by atoms with E-state index in [0.717, 1.165) is 18.4 Å². The van der Waals surface area contributed by atoms with Crippen LogP contribution in [0.5, 0.6) is 11.5 Å². The second kappa shape index (κ2) is 7.38. The number of carbonyl (C=O) groups excluding carboxylic acids is 2. The summed E-state index contributed by atoms with van der Waals surface area (Å²) in [4.78, 5) is 23.9. The Bertz CT molecular complexity index is 655. The molecule has 0 aromatic heterocycles. The van der Waals surface area contributed by atoms with Gasteiger partial charge in [-0.15, -0.1) is 0 Å². The van der Waals surface area contributed by atoms with E-state index in [2.05, 4.69) is 11.4 Å². The number of carbonyl (C=O) groups is 2. The first-order chi connectivity index (χ1) is 11.6. The van der Waals surface area contributed by atoms with Gasteiger partial charge in [0.15, 0.2) is 17.6 Å². The molecule has 6 nitrogen and oxygen atoms in total. The van der Waals surface area contributed by atoms with Crippen LogP contribution in [0.15, 0.2) is 30.4 Å². The van der Waals surface area contributed by atoms with Crippen molar-refractivity contribution in [2.45, 2.75) is 38.8 Å². The Labute approximate surface area is 140 Å². The standard InChI is InChI=1S/C18H21NO5/c1-12(24-17(20)9-13-4-2-3-5-13)18(21)19-10-14-6-7-15-16(8-14)23-11-22-15/h2,4,6-8,12-13H,3,5,9-11H2,1H3,(H,19,21)/t12-,13+/m1/s1. The zero-order valence-corrected chi connectivity index (χ0v) is 13.6. The summed E-state index contributed by atoms with van der Waals surface area (Å²) in [6.45, 7) is 2.13. The molecule has 1 amide bonds. The lowest BCUT2D eigenvalue weighted by Gasteiger charge is -2.15. The van der Waals surface area contributed by atoms with Crippen molar-refractivity contribution >= 4 is 11.9 Å². The predicted molar refractivity (Wildman–Crippen MR) is 86.4 cm³/mol. The molecule has 0 radical (unpaired) electrons. The maximum absolute atomic E-state index is 12.1. The van der Waals surface area contributed by atoms with Gasteiger partial charge in [0.25, 0.3) is 5.91 Å². The van der Waals surface area contributed by atoms with Crippen LogP contribution in [0.1, 0.15) is 31.7 Å². The van der Waals surface area contributed by atoms with Gasteiger partial charge in [-0.1, -0.05) is 18.2 Å². The molecule has 128 valence electrons. The van der Waals surface area contributed by atoms with Crippen LogP contribution in [0.3, 0.4) is 0 Å². The first-order valence-electron chi connectivity index (χ1n) is 8.14. The highest BCUT2D eigenvalue weighted by Gasteiger charge is 2.21. The van der Waals surface area contributed by atoms with Gasteiger partial charge in [-0.3, -0.25) is 9.59 Å². The summed E-state index contributed by atoms with van der Waals surface area (Å²) in [5.74, 6) is 0.959. The van der Waals surface area contributed by atoms with Crippen molar-refractivity contribution in [1.29, 1.82) is 0 Å². The summed E-state index contributed by atoms with van der Waals surface area (Å²) in [6, 6.07) is 5.49. The van der Waals surface area contributed by atoms with E-state index in [-0.39, 0.29) is 24.6 Å². The number of allylic oxidation sites excluding steroid dienone is 2. The van der Waals surface area contributed by atoms with E-state index < -0.39 is 6.10 Å². The monoisotopic (exact) mass is 331 g/mol. The number of hydrogen-bond acceptors (Lipinski definition) is 5. The molecule has 1 aliphatic carbocycles. The number of fused-ring (bicyclic) bond motifs is 1. The summed E-state index contributed by atoms with van der Waals surface area (Å²) >= 11 is 0. The average Bonchev–Trinajstić information content (AvgIpc) is 3.23. The summed E-state index contributed by atoms with van der Waals surface area (Å²) in [5, 5.41) is 2.76. The third-order valence-electron chi connectivity index (χ3n) is 4.12. The molecule has 2 aliphatic rings. The first-order valence-corrected chi connectivity index (χ1v) is 8.14. The van der Waals surface area contributed by atoms with Crippen molar-refractivity contribution in [3.8, 4) is 11.5 Å². The van der Waals surface area contributed by atoms with E-state index in [1.807, 2.05) is 24.3 Å². The minimum absolute atomic E-state index is 0.217. The maximum Gasteiger partial charge on any atom is 0.307 e. The SMILES string of the molecule is C[C@@H](OC(=O)C[C@H]1C=CCC1)C(=O)NCc1ccc2c(c1)OCO2.